The van der Waals surface area contributed by atoms with Crippen molar-refractivity contribution in [2.75, 3.05) is 18.8 Å². The molecule has 0 radical (unpaired) electrons. The van der Waals surface area contributed by atoms with Crippen LogP contribution >= 0.6 is 0 Å². The Morgan fingerprint density at radius 2 is 1.93 bits per heavy atom. The number of nitrogen functional groups attached to an aromatic ring is 1. The Morgan fingerprint density at radius 3 is 2.60 bits per heavy atom. The van der Waals surface area contributed by atoms with Crippen molar-refractivity contribution in [2.24, 2.45) is 0 Å². The molecule has 0 aliphatic carbocycles. The largest absolute Gasteiger partial charge is 0.392 e. The molecular weight excluding hydrogens is 374 g/mol. The van der Waals surface area contributed by atoms with Gasteiger partial charge in [-0.3, -0.25) is 9.88 Å². The Labute approximate surface area is 176 Å². The van der Waals surface area contributed by atoms with Gasteiger partial charge in [0.15, 0.2) is 0 Å². The van der Waals surface area contributed by atoms with Crippen LogP contribution in [0.4, 0.5) is 5.82 Å². The zero-order chi connectivity index (χ0) is 20.9. The maximum atomic E-state index is 10.4. The number of aliphatic hydroxyl groups excluding tert-OH is 1. The number of benzene rings is 1. The van der Waals surface area contributed by atoms with Crippen molar-refractivity contribution in [2.45, 2.75) is 30.9 Å². The summed E-state index contributed by atoms with van der Waals surface area (Å²) in [5, 5.41) is 19.6. The van der Waals surface area contributed by atoms with E-state index in [1.54, 1.807) is 12.3 Å². The quantitative estimate of drug-likeness (QED) is 0.683. The molecule has 6 nitrogen and oxygen atoms in total. The van der Waals surface area contributed by atoms with Crippen LogP contribution < -0.4 is 5.73 Å². The number of piperidine rings is 1. The van der Waals surface area contributed by atoms with Crippen LogP contribution in [0.15, 0.2) is 67.0 Å². The van der Waals surface area contributed by atoms with Crippen LogP contribution in [-0.2, 0) is 0 Å². The fourth-order valence-electron chi connectivity index (χ4n) is 4.32. The number of hydrogen-bond donors (Lipinski definition) is 2. The van der Waals surface area contributed by atoms with Crippen molar-refractivity contribution < 1.29 is 5.11 Å². The van der Waals surface area contributed by atoms with Crippen molar-refractivity contribution in [3.63, 3.8) is 0 Å². The first-order valence-electron chi connectivity index (χ1n) is 10.2. The number of hydrogen-bond acceptors (Lipinski definition) is 6. The van der Waals surface area contributed by atoms with Gasteiger partial charge in [0.1, 0.15) is 5.82 Å². The lowest BCUT2D eigenvalue weighted by Crippen LogP contribution is -2.43. The second-order valence-electron chi connectivity index (χ2n) is 7.72. The van der Waals surface area contributed by atoms with Crippen LogP contribution in [0.3, 0.4) is 0 Å². The molecule has 0 spiro atoms. The summed E-state index contributed by atoms with van der Waals surface area (Å²) < 4.78 is 0. The standard InChI is InChI=1S/C24H25N5O/c25-14-17-8-10-18(11-9-17)23(19-4-2-12-27-15-19)24(21-6-1-7-22(26)28-21)29-13-3-5-20(30)16-29/h1-2,4,6-12,15,20,23-24,30H,3,5,13,16H2,(H2,26,28). The molecule has 1 saturated heterocycles. The van der Waals surface area contributed by atoms with Gasteiger partial charge in [-0.05, 0) is 60.8 Å². The van der Waals surface area contributed by atoms with Gasteiger partial charge >= 0.3 is 0 Å². The Hall–Kier alpha value is -3.27. The first kappa shape index (κ1) is 20.0. The van der Waals surface area contributed by atoms with E-state index in [9.17, 15) is 10.4 Å². The van der Waals surface area contributed by atoms with Crippen LogP contribution in [0.5, 0.6) is 0 Å². The van der Waals surface area contributed by atoms with Gasteiger partial charge < -0.3 is 10.8 Å². The van der Waals surface area contributed by atoms with E-state index in [1.807, 2.05) is 48.7 Å². The summed E-state index contributed by atoms with van der Waals surface area (Å²) in [5.74, 6) is 0.394. The minimum Gasteiger partial charge on any atom is -0.392 e. The van der Waals surface area contributed by atoms with E-state index < -0.39 is 0 Å². The number of likely N-dealkylation sites (tertiary alicyclic amines) is 1. The Balaban J connectivity index is 1.86. The molecule has 152 valence electrons. The highest BCUT2D eigenvalue weighted by Gasteiger charge is 2.35. The molecule has 3 heterocycles. The molecule has 4 rings (SSSR count). The van der Waals surface area contributed by atoms with Crippen molar-refractivity contribution in [1.82, 2.24) is 14.9 Å². The van der Waals surface area contributed by atoms with Gasteiger partial charge in [0.25, 0.3) is 0 Å². The maximum Gasteiger partial charge on any atom is 0.123 e. The summed E-state index contributed by atoms with van der Waals surface area (Å²) in [6.45, 7) is 1.44. The van der Waals surface area contributed by atoms with Crippen LogP contribution in [0.1, 0.15) is 47.2 Å². The molecule has 0 bridgehead atoms. The lowest BCUT2D eigenvalue weighted by molar-refractivity contribution is 0.0404. The van der Waals surface area contributed by atoms with Crippen LogP contribution in [0, 0.1) is 11.3 Å². The molecule has 6 heteroatoms. The highest BCUT2D eigenvalue weighted by atomic mass is 16.3. The monoisotopic (exact) mass is 399 g/mol. The minimum absolute atomic E-state index is 0.0777. The summed E-state index contributed by atoms with van der Waals surface area (Å²) in [6, 6.07) is 19.4. The van der Waals surface area contributed by atoms with Gasteiger partial charge in [0.2, 0.25) is 0 Å². The third-order valence-corrected chi connectivity index (χ3v) is 5.67. The smallest absolute Gasteiger partial charge is 0.123 e. The number of anilines is 1. The van der Waals surface area contributed by atoms with Crippen molar-refractivity contribution in [3.05, 3.63) is 89.4 Å². The first-order valence-corrected chi connectivity index (χ1v) is 10.2. The number of aromatic nitrogens is 2. The summed E-state index contributed by atoms with van der Waals surface area (Å²) >= 11 is 0. The van der Waals surface area contributed by atoms with Crippen LogP contribution in [0.2, 0.25) is 0 Å². The zero-order valence-corrected chi connectivity index (χ0v) is 16.7. The zero-order valence-electron chi connectivity index (χ0n) is 16.7. The number of aliphatic hydroxyl groups is 1. The molecule has 3 aromatic rings. The molecule has 3 atom stereocenters. The average Bonchev–Trinajstić information content (AvgIpc) is 2.78. The van der Waals surface area contributed by atoms with Gasteiger partial charge in [-0.15, -0.1) is 0 Å². The number of nitriles is 1. The van der Waals surface area contributed by atoms with Crippen LogP contribution in [0.25, 0.3) is 0 Å². The molecule has 1 aromatic carbocycles. The van der Waals surface area contributed by atoms with Crippen molar-refractivity contribution in [1.29, 1.82) is 5.26 Å². The molecule has 3 unspecified atom stereocenters. The molecule has 2 aromatic heterocycles. The predicted octanol–water partition coefficient (Wildman–Crippen LogP) is 3.26. The number of pyridine rings is 2. The molecule has 1 aliphatic heterocycles. The Morgan fingerprint density at radius 1 is 1.10 bits per heavy atom. The molecule has 30 heavy (non-hydrogen) atoms. The Kier molecular flexibility index (Phi) is 6.03. The van der Waals surface area contributed by atoms with Gasteiger partial charge in [0.05, 0.1) is 29.5 Å². The first-order chi connectivity index (χ1) is 14.7. The van der Waals surface area contributed by atoms with Gasteiger partial charge in [0, 0.05) is 24.9 Å². The third-order valence-electron chi connectivity index (χ3n) is 5.67. The highest BCUT2D eigenvalue weighted by molar-refractivity contribution is 5.40. The molecule has 1 aliphatic rings. The summed E-state index contributed by atoms with van der Waals surface area (Å²) in [6.07, 6.45) is 5.01. The summed E-state index contributed by atoms with van der Waals surface area (Å²) in [5.41, 5.74) is 9.64. The topological polar surface area (TPSA) is 99.1 Å². The minimum atomic E-state index is -0.363. The van der Waals surface area contributed by atoms with Crippen molar-refractivity contribution in [3.8, 4) is 6.07 Å². The van der Waals surface area contributed by atoms with Crippen LogP contribution in [-0.4, -0.2) is 39.2 Å². The molecule has 0 saturated carbocycles. The molecule has 0 amide bonds. The van der Waals surface area contributed by atoms with E-state index in [0.717, 1.165) is 36.2 Å². The predicted molar refractivity (Wildman–Crippen MR) is 115 cm³/mol. The number of nitrogens with two attached hydrogens (primary N) is 1. The van der Waals surface area contributed by atoms with E-state index in [0.29, 0.717) is 17.9 Å². The molecular formula is C24H25N5O. The van der Waals surface area contributed by atoms with E-state index in [2.05, 4.69) is 27.0 Å². The second-order valence-corrected chi connectivity index (χ2v) is 7.72. The highest BCUT2D eigenvalue weighted by Crippen LogP contribution is 2.41. The fourth-order valence-corrected chi connectivity index (χ4v) is 4.32. The number of rotatable bonds is 5. The molecule has 1 fully saturated rings. The van der Waals surface area contributed by atoms with E-state index in [-0.39, 0.29) is 18.1 Å². The Bertz CT molecular complexity index is 1020. The normalized spacial score (nSPS) is 19.0. The number of β-amino-alcohol motifs (C(OH)–C–C–N with tert-alkyl or cyclic N) is 1. The second kappa shape index (κ2) is 9.04. The van der Waals surface area contributed by atoms with Gasteiger partial charge in [-0.1, -0.05) is 24.3 Å². The molecule has 3 N–H and O–H groups in total. The van der Waals surface area contributed by atoms with E-state index in [1.165, 1.54) is 0 Å². The van der Waals surface area contributed by atoms with E-state index in [4.69, 9.17) is 5.73 Å². The van der Waals surface area contributed by atoms with E-state index >= 15 is 0 Å². The fraction of sp³-hybridized carbons (Fsp3) is 0.292. The summed E-state index contributed by atoms with van der Waals surface area (Å²) in [7, 11) is 0. The SMILES string of the molecule is N#Cc1ccc(C(c2cccnc2)C(c2cccc(N)n2)N2CCCC(O)C2)cc1. The maximum absolute atomic E-state index is 10.4. The third kappa shape index (κ3) is 4.33. The summed E-state index contributed by atoms with van der Waals surface area (Å²) in [4.78, 5) is 11.3. The number of nitrogens with zero attached hydrogens (tertiary/aromatic N) is 4. The average molecular weight is 399 g/mol. The van der Waals surface area contributed by atoms with Gasteiger partial charge in [-0.2, -0.15) is 5.26 Å². The van der Waals surface area contributed by atoms with Gasteiger partial charge in [-0.25, -0.2) is 4.98 Å². The lowest BCUT2D eigenvalue weighted by atomic mass is 9.82. The lowest BCUT2D eigenvalue weighted by Gasteiger charge is -2.40. The van der Waals surface area contributed by atoms with Crippen molar-refractivity contribution >= 4 is 5.82 Å².